The maximum atomic E-state index is 5.39. The molecule has 0 aliphatic rings. The van der Waals surface area contributed by atoms with E-state index < -0.39 is 0 Å². The average Bonchev–Trinajstić information content (AvgIpc) is 2.40. The van der Waals surface area contributed by atoms with Crippen LogP contribution in [0.2, 0.25) is 0 Å². The predicted molar refractivity (Wildman–Crippen MR) is 82.7 cm³/mol. The Labute approximate surface area is 117 Å². The van der Waals surface area contributed by atoms with Gasteiger partial charge in [0, 0.05) is 11.1 Å². The van der Waals surface area contributed by atoms with Gasteiger partial charge in [-0.2, -0.15) is 0 Å². The Hall–Kier alpha value is -1.96. The van der Waals surface area contributed by atoms with Crippen molar-refractivity contribution in [1.29, 1.82) is 0 Å². The van der Waals surface area contributed by atoms with E-state index in [1.165, 1.54) is 0 Å². The van der Waals surface area contributed by atoms with E-state index in [1.807, 2.05) is 32.9 Å². The number of allylic oxidation sites excluding steroid dienone is 7. The van der Waals surface area contributed by atoms with Gasteiger partial charge in [-0.3, -0.25) is 0 Å². The van der Waals surface area contributed by atoms with Crippen LogP contribution < -0.4 is 0 Å². The molecule has 19 heavy (non-hydrogen) atoms. The van der Waals surface area contributed by atoms with E-state index in [1.54, 1.807) is 20.3 Å². The predicted octanol–water partition coefficient (Wildman–Crippen LogP) is 4.70. The summed E-state index contributed by atoms with van der Waals surface area (Å²) in [5, 5.41) is 0. The van der Waals surface area contributed by atoms with Gasteiger partial charge in [0.2, 0.25) is 0 Å². The highest BCUT2D eigenvalue weighted by molar-refractivity contribution is 5.61. The minimum Gasteiger partial charge on any atom is -0.501 e. The van der Waals surface area contributed by atoms with Crippen molar-refractivity contribution in [3.05, 3.63) is 71.8 Å². The van der Waals surface area contributed by atoms with Crippen LogP contribution in [0.25, 0.3) is 0 Å². The molecule has 0 aromatic rings. The summed E-state index contributed by atoms with van der Waals surface area (Å²) in [7, 11) is 3.24. The lowest BCUT2D eigenvalue weighted by Crippen LogP contribution is -2.04. The van der Waals surface area contributed by atoms with Crippen LogP contribution in [0, 0.1) is 0 Å². The Bertz CT molecular complexity index is 460. The number of hydrogen-bond donors (Lipinski definition) is 0. The Morgan fingerprint density at radius 2 is 1.58 bits per heavy atom. The summed E-state index contributed by atoms with van der Waals surface area (Å²) in [5.41, 5.74) is 3.69. The molecule has 0 saturated carbocycles. The molecule has 0 aromatic heterocycles. The SMILES string of the molecule is C=C/C=C(C(=C)C)/C(C(=C/C)/C(=C)OC)=C(\C)OC. The van der Waals surface area contributed by atoms with Crippen molar-refractivity contribution < 1.29 is 9.47 Å². The van der Waals surface area contributed by atoms with Gasteiger partial charge in [0.1, 0.15) is 11.5 Å². The van der Waals surface area contributed by atoms with Gasteiger partial charge in [-0.05, 0) is 26.3 Å². The van der Waals surface area contributed by atoms with Crippen LogP contribution in [0.15, 0.2) is 71.8 Å². The molecule has 0 fully saturated rings. The zero-order valence-electron chi connectivity index (χ0n) is 12.7. The molecule has 0 bridgehead atoms. The largest absolute Gasteiger partial charge is 0.501 e. The summed E-state index contributed by atoms with van der Waals surface area (Å²) >= 11 is 0. The highest BCUT2D eigenvalue weighted by atomic mass is 16.5. The van der Waals surface area contributed by atoms with Gasteiger partial charge in [0.05, 0.1) is 14.2 Å². The Morgan fingerprint density at radius 1 is 1.00 bits per heavy atom. The van der Waals surface area contributed by atoms with Crippen molar-refractivity contribution in [2.45, 2.75) is 20.8 Å². The fourth-order valence-electron chi connectivity index (χ4n) is 1.74. The Kier molecular flexibility index (Phi) is 7.35. The first-order valence-corrected chi connectivity index (χ1v) is 6.08. The van der Waals surface area contributed by atoms with Crippen molar-refractivity contribution in [2.75, 3.05) is 14.2 Å². The van der Waals surface area contributed by atoms with Crippen molar-refractivity contribution >= 4 is 0 Å². The summed E-state index contributed by atoms with van der Waals surface area (Å²) in [6, 6.07) is 0. The topological polar surface area (TPSA) is 18.5 Å². The highest BCUT2D eigenvalue weighted by Gasteiger charge is 2.17. The van der Waals surface area contributed by atoms with Gasteiger partial charge in [-0.25, -0.2) is 0 Å². The van der Waals surface area contributed by atoms with E-state index in [2.05, 4.69) is 19.7 Å². The first kappa shape index (κ1) is 17.0. The van der Waals surface area contributed by atoms with Gasteiger partial charge in [-0.1, -0.05) is 43.5 Å². The molecule has 104 valence electrons. The molecule has 0 unspecified atom stereocenters. The number of rotatable bonds is 7. The molecule has 0 amide bonds. The van der Waals surface area contributed by atoms with Crippen molar-refractivity contribution in [3.63, 3.8) is 0 Å². The lowest BCUT2D eigenvalue weighted by Gasteiger charge is -2.19. The lowest BCUT2D eigenvalue weighted by molar-refractivity contribution is 0.285. The van der Waals surface area contributed by atoms with Gasteiger partial charge in [-0.15, -0.1) is 0 Å². The van der Waals surface area contributed by atoms with E-state index in [0.717, 1.165) is 28.1 Å². The molecule has 0 N–H and O–H groups in total. The van der Waals surface area contributed by atoms with E-state index in [0.29, 0.717) is 5.76 Å². The average molecular weight is 260 g/mol. The van der Waals surface area contributed by atoms with Gasteiger partial charge in [0.15, 0.2) is 0 Å². The smallest absolute Gasteiger partial charge is 0.119 e. The van der Waals surface area contributed by atoms with E-state index >= 15 is 0 Å². The maximum Gasteiger partial charge on any atom is 0.119 e. The van der Waals surface area contributed by atoms with E-state index in [-0.39, 0.29) is 0 Å². The third kappa shape index (κ3) is 4.32. The summed E-state index contributed by atoms with van der Waals surface area (Å²) in [6.07, 6.45) is 5.59. The lowest BCUT2D eigenvalue weighted by atomic mass is 9.91. The monoisotopic (exact) mass is 260 g/mol. The standard InChI is InChI=1S/C17H24O2/c1-9-11-16(12(3)4)17(14(6)19-8)15(10-2)13(5)18-7/h9-11H,1,3,5H2,2,4,6-8H3/b15-10+,16-11+,17-14+. The van der Waals surface area contributed by atoms with Gasteiger partial charge >= 0.3 is 0 Å². The van der Waals surface area contributed by atoms with Crippen LogP contribution in [0.4, 0.5) is 0 Å². The molecule has 0 atom stereocenters. The second-order valence-electron chi connectivity index (χ2n) is 4.06. The minimum absolute atomic E-state index is 0.588. The van der Waals surface area contributed by atoms with Crippen molar-refractivity contribution in [1.82, 2.24) is 0 Å². The van der Waals surface area contributed by atoms with Crippen LogP contribution in [-0.2, 0) is 9.47 Å². The molecule has 0 spiro atoms. The van der Waals surface area contributed by atoms with Crippen LogP contribution in [0.5, 0.6) is 0 Å². The quantitative estimate of drug-likeness (QED) is 0.488. The van der Waals surface area contributed by atoms with E-state index in [9.17, 15) is 0 Å². The fraction of sp³-hybridized carbons (Fsp3) is 0.294. The van der Waals surface area contributed by atoms with E-state index in [4.69, 9.17) is 9.47 Å². The number of ether oxygens (including phenoxy) is 2. The molecule has 0 aromatic carbocycles. The number of methoxy groups -OCH3 is 2. The van der Waals surface area contributed by atoms with Crippen LogP contribution in [0.1, 0.15) is 20.8 Å². The zero-order valence-corrected chi connectivity index (χ0v) is 12.7. The van der Waals surface area contributed by atoms with Crippen LogP contribution in [0.3, 0.4) is 0 Å². The molecule has 0 rings (SSSR count). The molecule has 0 saturated heterocycles. The van der Waals surface area contributed by atoms with Crippen LogP contribution >= 0.6 is 0 Å². The first-order valence-electron chi connectivity index (χ1n) is 6.08. The second kappa shape index (κ2) is 8.20. The summed E-state index contributed by atoms with van der Waals surface area (Å²) in [5.74, 6) is 1.37. The molecular formula is C17H24O2. The van der Waals surface area contributed by atoms with Crippen molar-refractivity contribution in [2.24, 2.45) is 0 Å². The third-order valence-electron chi connectivity index (χ3n) is 2.78. The second-order valence-corrected chi connectivity index (χ2v) is 4.06. The molecule has 0 heterocycles. The highest BCUT2D eigenvalue weighted by Crippen LogP contribution is 2.32. The summed E-state index contributed by atoms with van der Waals surface area (Å²) < 4.78 is 10.6. The van der Waals surface area contributed by atoms with Crippen LogP contribution in [-0.4, -0.2) is 14.2 Å². The first-order chi connectivity index (χ1) is 8.94. The maximum absolute atomic E-state index is 5.39. The normalized spacial score (nSPS) is 13.5. The zero-order chi connectivity index (χ0) is 15.0. The van der Waals surface area contributed by atoms with Gasteiger partial charge < -0.3 is 9.47 Å². The summed E-state index contributed by atoms with van der Waals surface area (Å²) in [6.45, 7) is 17.5. The minimum atomic E-state index is 0.588. The Balaban J connectivity index is 6.14. The molecule has 0 radical (unpaired) electrons. The molecule has 2 nitrogen and oxygen atoms in total. The molecule has 0 aliphatic carbocycles. The number of hydrogen-bond acceptors (Lipinski definition) is 2. The molecular weight excluding hydrogens is 236 g/mol. The summed E-state index contributed by atoms with van der Waals surface area (Å²) in [4.78, 5) is 0. The molecule has 0 aliphatic heterocycles. The Morgan fingerprint density at radius 3 is 1.89 bits per heavy atom. The third-order valence-corrected chi connectivity index (χ3v) is 2.78. The van der Waals surface area contributed by atoms with Gasteiger partial charge in [0.25, 0.3) is 0 Å². The van der Waals surface area contributed by atoms with Crippen molar-refractivity contribution in [3.8, 4) is 0 Å². The fourth-order valence-corrected chi connectivity index (χ4v) is 1.74. The molecule has 2 heteroatoms.